The van der Waals surface area contributed by atoms with Crippen LogP contribution in [0.15, 0.2) is 59.7 Å². The van der Waals surface area contributed by atoms with Gasteiger partial charge in [-0.3, -0.25) is 9.79 Å². The Morgan fingerprint density at radius 2 is 1.81 bits per heavy atom. The number of aromatic nitrogens is 1. The maximum atomic E-state index is 12.5. The third-order valence-electron chi connectivity index (χ3n) is 4.68. The average Bonchev–Trinajstić information content (AvgIpc) is 3.20. The molecule has 0 bridgehead atoms. The number of para-hydroxylation sites is 1. The first-order valence-corrected chi connectivity index (χ1v) is 9.82. The molecule has 0 aliphatic carbocycles. The average molecular weight is 437 g/mol. The first-order valence-electron chi connectivity index (χ1n) is 9.82. The van der Waals surface area contributed by atoms with E-state index >= 15 is 0 Å². The van der Waals surface area contributed by atoms with Crippen molar-refractivity contribution in [3.8, 4) is 5.75 Å². The van der Waals surface area contributed by atoms with Gasteiger partial charge in [0.15, 0.2) is 5.96 Å². The number of amides is 1. The summed E-state index contributed by atoms with van der Waals surface area (Å²) >= 11 is 0. The summed E-state index contributed by atoms with van der Waals surface area (Å²) in [4.78, 5) is 43.1. The highest BCUT2D eigenvalue weighted by Crippen LogP contribution is 2.20. The summed E-state index contributed by atoms with van der Waals surface area (Å²) in [5, 5.41) is 12.5. The Balaban J connectivity index is 1.60. The zero-order valence-corrected chi connectivity index (χ0v) is 17.1. The maximum absolute atomic E-state index is 12.5. The highest BCUT2D eigenvalue weighted by atomic mass is 16.5. The van der Waals surface area contributed by atoms with Crippen LogP contribution < -0.4 is 21.5 Å². The van der Waals surface area contributed by atoms with Crippen molar-refractivity contribution in [1.29, 1.82) is 0 Å². The summed E-state index contributed by atoms with van der Waals surface area (Å²) in [6.07, 6.45) is 2.13. The molecule has 1 atom stereocenters. The molecular weight excluding hydrogens is 414 g/mol. The summed E-state index contributed by atoms with van der Waals surface area (Å²) in [6.45, 7) is 0.262. The summed E-state index contributed by atoms with van der Waals surface area (Å²) in [5.74, 6) is -2.08. The fraction of sp³-hybridized carbons (Fsp3) is 0.182. The number of fused-ring (bicyclic) bond motifs is 1. The number of aliphatic carboxylic acids is 1. The number of ether oxygens (including phenoxy) is 1. The van der Waals surface area contributed by atoms with Crippen molar-refractivity contribution in [3.05, 3.63) is 65.9 Å². The van der Waals surface area contributed by atoms with Crippen LogP contribution in [0.25, 0.3) is 10.9 Å². The molecule has 1 heterocycles. The Labute approximate surface area is 183 Å². The molecule has 7 N–H and O–H groups in total. The smallest absolute Gasteiger partial charge is 0.345 e. The van der Waals surface area contributed by atoms with Crippen LogP contribution in [0, 0.1) is 0 Å². The first kappa shape index (κ1) is 22.3. The van der Waals surface area contributed by atoms with E-state index in [1.165, 1.54) is 24.3 Å². The van der Waals surface area contributed by atoms with Gasteiger partial charge >= 0.3 is 11.9 Å². The van der Waals surface area contributed by atoms with Crippen LogP contribution in [-0.2, 0) is 4.79 Å². The minimum absolute atomic E-state index is 0.0774. The molecule has 3 rings (SSSR count). The van der Waals surface area contributed by atoms with Gasteiger partial charge < -0.3 is 31.6 Å². The monoisotopic (exact) mass is 437 g/mol. The van der Waals surface area contributed by atoms with E-state index in [9.17, 15) is 19.5 Å². The van der Waals surface area contributed by atoms with Crippen LogP contribution in [0.3, 0.4) is 0 Å². The van der Waals surface area contributed by atoms with Crippen molar-refractivity contribution in [2.75, 3.05) is 6.54 Å². The van der Waals surface area contributed by atoms with Gasteiger partial charge in [0.2, 0.25) is 0 Å². The molecule has 2 aromatic carbocycles. The number of H-pyrrole nitrogens is 1. The van der Waals surface area contributed by atoms with Crippen LogP contribution in [0.5, 0.6) is 5.75 Å². The van der Waals surface area contributed by atoms with E-state index in [0.717, 1.165) is 10.9 Å². The Morgan fingerprint density at radius 1 is 1.09 bits per heavy atom. The second-order valence-electron chi connectivity index (χ2n) is 6.97. The van der Waals surface area contributed by atoms with Crippen molar-refractivity contribution in [2.24, 2.45) is 16.5 Å². The largest absolute Gasteiger partial charge is 0.480 e. The van der Waals surface area contributed by atoms with E-state index in [4.69, 9.17) is 16.2 Å². The molecule has 0 radical (unpaired) electrons. The molecule has 3 aromatic rings. The lowest BCUT2D eigenvalue weighted by molar-refractivity contribution is -0.139. The lowest BCUT2D eigenvalue weighted by Gasteiger charge is -2.14. The molecule has 10 heteroatoms. The molecule has 1 amide bonds. The van der Waals surface area contributed by atoms with Crippen molar-refractivity contribution in [1.82, 2.24) is 10.3 Å². The van der Waals surface area contributed by atoms with Gasteiger partial charge in [0, 0.05) is 29.2 Å². The third kappa shape index (κ3) is 5.63. The van der Waals surface area contributed by atoms with Gasteiger partial charge in [0.05, 0.1) is 5.56 Å². The Kier molecular flexibility index (Phi) is 7.06. The SMILES string of the molecule is NC(N)=NCCC[C@@H](NC(=O)c1ccc(OC(=O)c2c[nH]c3ccccc23)cc1)C(=O)O. The molecule has 10 nitrogen and oxygen atoms in total. The predicted molar refractivity (Wildman–Crippen MR) is 119 cm³/mol. The number of nitrogens with one attached hydrogen (secondary N) is 2. The van der Waals surface area contributed by atoms with Gasteiger partial charge in [-0.05, 0) is 43.2 Å². The topological polar surface area (TPSA) is 173 Å². The van der Waals surface area contributed by atoms with Gasteiger partial charge in [-0.1, -0.05) is 18.2 Å². The number of nitrogens with zero attached hydrogens (tertiary/aromatic N) is 1. The number of esters is 1. The number of hydrogen-bond acceptors (Lipinski definition) is 5. The summed E-state index contributed by atoms with van der Waals surface area (Å²) in [7, 11) is 0. The number of hydrogen-bond donors (Lipinski definition) is 5. The second kappa shape index (κ2) is 10.1. The zero-order chi connectivity index (χ0) is 23.1. The molecule has 0 fully saturated rings. The van der Waals surface area contributed by atoms with E-state index in [1.54, 1.807) is 6.20 Å². The standard InChI is InChI=1S/C22H23N5O5/c23-22(24)25-11-3-6-18(20(29)30)27-19(28)13-7-9-14(10-8-13)32-21(31)16-12-26-17-5-2-1-4-15(16)17/h1-2,4-5,7-10,12,18,26H,3,6,11H2,(H,27,28)(H,29,30)(H4,23,24,25)/t18-/m1/s1. The lowest BCUT2D eigenvalue weighted by atomic mass is 10.1. The number of carboxylic acids is 1. The Hall–Kier alpha value is -4.34. The molecule has 0 saturated heterocycles. The maximum Gasteiger partial charge on any atom is 0.345 e. The van der Waals surface area contributed by atoms with Crippen LogP contribution in [-0.4, -0.2) is 46.5 Å². The summed E-state index contributed by atoms with van der Waals surface area (Å²) in [6, 6.07) is 12.1. The van der Waals surface area contributed by atoms with E-state index in [1.807, 2.05) is 24.3 Å². The summed E-state index contributed by atoms with van der Waals surface area (Å²) < 4.78 is 5.39. The molecule has 0 aliphatic rings. The zero-order valence-electron chi connectivity index (χ0n) is 17.1. The minimum atomic E-state index is -1.16. The van der Waals surface area contributed by atoms with E-state index < -0.39 is 23.9 Å². The van der Waals surface area contributed by atoms with E-state index in [2.05, 4.69) is 15.3 Å². The van der Waals surface area contributed by atoms with E-state index in [-0.39, 0.29) is 30.2 Å². The van der Waals surface area contributed by atoms with Gasteiger partial charge in [0.25, 0.3) is 5.91 Å². The predicted octanol–water partition coefficient (Wildman–Crippen LogP) is 1.62. The first-order chi connectivity index (χ1) is 15.3. The van der Waals surface area contributed by atoms with Crippen LogP contribution >= 0.6 is 0 Å². The molecule has 0 spiro atoms. The number of benzene rings is 2. The number of rotatable bonds is 9. The highest BCUT2D eigenvalue weighted by molar-refractivity contribution is 6.04. The van der Waals surface area contributed by atoms with Gasteiger partial charge in [-0.15, -0.1) is 0 Å². The Morgan fingerprint density at radius 3 is 2.50 bits per heavy atom. The van der Waals surface area contributed by atoms with Crippen molar-refractivity contribution < 1.29 is 24.2 Å². The molecule has 0 saturated carbocycles. The molecular formula is C22H23N5O5. The number of carbonyl (C=O) groups is 3. The van der Waals surface area contributed by atoms with Gasteiger partial charge in [-0.25, -0.2) is 9.59 Å². The van der Waals surface area contributed by atoms with Crippen LogP contribution in [0.1, 0.15) is 33.6 Å². The Bertz CT molecular complexity index is 1150. The number of aromatic amines is 1. The quantitative estimate of drug-likeness (QED) is 0.111. The number of guanidine groups is 1. The lowest BCUT2D eigenvalue weighted by Crippen LogP contribution is -2.40. The van der Waals surface area contributed by atoms with Gasteiger partial charge in [0.1, 0.15) is 11.8 Å². The normalized spacial score (nSPS) is 11.5. The summed E-state index contributed by atoms with van der Waals surface area (Å²) in [5.41, 5.74) is 11.9. The molecule has 166 valence electrons. The van der Waals surface area contributed by atoms with E-state index in [0.29, 0.717) is 12.0 Å². The van der Waals surface area contributed by atoms with Crippen LogP contribution in [0.4, 0.5) is 0 Å². The van der Waals surface area contributed by atoms with Crippen molar-refractivity contribution >= 4 is 34.7 Å². The fourth-order valence-corrected chi connectivity index (χ4v) is 3.08. The molecule has 1 aromatic heterocycles. The van der Waals surface area contributed by atoms with Crippen molar-refractivity contribution in [3.63, 3.8) is 0 Å². The molecule has 0 unspecified atom stereocenters. The molecule has 32 heavy (non-hydrogen) atoms. The number of carbonyl (C=O) groups excluding carboxylic acids is 2. The molecule has 0 aliphatic heterocycles. The highest BCUT2D eigenvalue weighted by Gasteiger charge is 2.20. The number of carboxylic acid groups (broad SMARTS) is 1. The second-order valence-corrected chi connectivity index (χ2v) is 6.97. The van der Waals surface area contributed by atoms with Crippen LogP contribution in [0.2, 0.25) is 0 Å². The number of aliphatic imine (C=N–C) groups is 1. The fourth-order valence-electron chi connectivity index (χ4n) is 3.08. The van der Waals surface area contributed by atoms with Gasteiger partial charge in [-0.2, -0.15) is 0 Å². The third-order valence-corrected chi connectivity index (χ3v) is 4.68. The minimum Gasteiger partial charge on any atom is -0.480 e. The van der Waals surface area contributed by atoms with Crippen molar-refractivity contribution in [2.45, 2.75) is 18.9 Å². The number of nitrogens with two attached hydrogens (primary N) is 2.